The molecule has 1 aliphatic rings. The molecule has 2 heterocycles. The van der Waals surface area contributed by atoms with Gasteiger partial charge in [-0.05, 0) is 43.3 Å². The van der Waals surface area contributed by atoms with Crippen molar-refractivity contribution in [1.29, 1.82) is 0 Å². The highest BCUT2D eigenvalue weighted by Gasteiger charge is 2.18. The van der Waals surface area contributed by atoms with Gasteiger partial charge in [-0.3, -0.25) is 4.99 Å². The summed E-state index contributed by atoms with van der Waals surface area (Å²) in [5.74, 6) is 0.904. The molecule has 0 radical (unpaired) electrons. The van der Waals surface area contributed by atoms with E-state index in [1.807, 2.05) is 12.1 Å². The molecular formula is C20H21N3O. The number of H-pyrrole nitrogens is 1. The van der Waals surface area contributed by atoms with Crippen LogP contribution >= 0.6 is 0 Å². The fourth-order valence-corrected chi connectivity index (χ4v) is 3.42. The van der Waals surface area contributed by atoms with Crippen LogP contribution in [0.4, 0.5) is 11.4 Å². The first-order chi connectivity index (χ1) is 11.8. The third-order valence-corrected chi connectivity index (χ3v) is 4.75. The van der Waals surface area contributed by atoms with E-state index in [4.69, 9.17) is 4.74 Å². The molecule has 0 saturated carbocycles. The van der Waals surface area contributed by atoms with Gasteiger partial charge in [-0.25, -0.2) is 0 Å². The monoisotopic (exact) mass is 319 g/mol. The van der Waals surface area contributed by atoms with Crippen LogP contribution in [0, 0.1) is 6.92 Å². The molecule has 2 aromatic carbocycles. The lowest BCUT2D eigenvalue weighted by atomic mass is 10.1. The smallest absolute Gasteiger partial charge is 0.144 e. The number of benzene rings is 2. The molecular weight excluding hydrogens is 298 g/mol. The van der Waals surface area contributed by atoms with Gasteiger partial charge < -0.3 is 14.6 Å². The molecule has 0 unspecified atom stereocenters. The summed E-state index contributed by atoms with van der Waals surface area (Å²) in [5, 5.41) is 1.33. The Morgan fingerprint density at radius 1 is 1.29 bits per heavy atom. The Kier molecular flexibility index (Phi) is 3.73. The second-order valence-electron chi connectivity index (χ2n) is 6.21. The van der Waals surface area contributed by atoms with E-state index in [1.54, 1.807) is 0 Å². The van der Waals surface area contributed by atoms with Crippen LogP contribution < -0.4 is 9.64 Å². The third-order valence-electron chi connectivity index (χ3n) is 4.75. The zero-order chi connectivity index (χ0) is 16.5. The van der Waals surface area contributed by atoms with Crippen LogP contribution in [0.5, 0.6) is 5.75 Å². The molecule has 0 atom stereocenters. The molecule has 0 aliphatic carbocycles. The molecule has 0 amide bonds. The fraction of sp³-hybridized carbons (Fsp3) is 0.250. The highest BCUT2D eigenvalue weighted by molar-refractivity contribution is 5.85. The number of nitrogens with one attached hydrogen (secondary N) is 1. The van der Waals surface area contributed by atoms with Gasteiger partial charge in [-0.15, -0.1) is 0 Å². The summed E-state index contributed by atoms with van der Waals surface area (Å²) >= 11 is 0. The van der Waals surface area contributed by atoms with Gasteiger partial charge in [0.05, 0.1) is 17.9 Å². The van der Waals surface area contributed by atoms with Crippen LogP contribution in [-0.2, 0) is 6.42 Å². The zero-order valence-corrected chi connectivity index (χ0v) is 13.9. The zero-order valence-electron chi connectivity index (χ0n) is 13.9. The molecule has 24 heavy (non-hydrogen) atoms. The highest BCUT2D eigenvalue weighted by atomic mass is 16.5. The van der Waals surface area contributed by atoms with E-state index in [0.717, 1.165) is 36.6 Å². The number of hydrogen-bond acceptors (Lipinski definition) is 3. The van der Waals surface area contributed by atoms with Gasteiger partial charge in [-0.1, -0.05) is 18.2 Å². The minimum atomic E-state index is 0.709. The first-order valence-corrected chi connectivity index (χ1v) is 8.30. The topological polar surface area (TPSA) is 40.6 Å². The van der Waals surface area contributed by atoms with E-state index < -0.39 is 0 Å². The Morgan fingerprint density at radius 3 is 3.08 bits per heavy atom. The molecule has 4 heteroatoms. The van der Waals surface area contributed by atoms with Crippen molar-refractivity contribution in [2.45, 2.75) is 13.3 Å². The van der Waals surface area contributed by atoms with Gasteiger partial charge in [0.15, 0.2) is 0 Å². The second-order valence-corrected chi connectivity index (χ2v) is 6.21. The number of aromatic nitrogens is 1. The number of aliphatic imine (C=N–C) groups is 1. The standard InChI is InChI=1S/C20H21N3O/c1-14-4-3-5-17-15(13-22-20(14)17)8-9-23-10-11-24-19-12-16(21-2)6-7-18(19)23/h3-7,12-13,22H,2,8-11H2,1H3. The summed E-state index contributed by atoms with van der Waals surface area (Å²) in [5.41, 5.74) is 5.90. The highest BCUT2D eigenvalue weighted by Crippen LogP contribution is 2.35. The molecule has 122 valence electrons. The Labute approximate surface area is 141 Å². The molecule has 1 aliphatic heterocycles. The maximum atomic E-state index is 5.78. The first kappa shape index (κ1) is 14.8. The van der Waals surface area contributed by atoms with E-state index in [2.05, 4.69) is 59.0 Å². The second kappa shape index (κ2) is 6.04. The molecule has 0 saturated heterocycles. The number of nitrogens with zero attached hydrogens (tertiary/aromatic N) is 2. The maximum absolute atomic E-state index is 5.78. The average Bonchev–Trinajstić information content (AvgIpc) is 3.04. The van der Waals surface area contributed by atoms with Gasteiger partial charge in [0.1, 0.15) is 12.4 Å². The van der Waals surface area contributed by atoms with Crippen LogP contribution in [0.2, 0.25) is 0 Å². The van der Waals surface area contributed by atoms with E-state index in [9.17, 15) is 0 Å². The van der Waals surface area contributed by atoms with Crippen molar-refractivity contribution in [3.05, 3.63) is 53.7 Å². The SMILES string of the molecule is C=Nc1ccc2c(c1)OCCN2CCc1c[nH]c2c(C)cccc12. The molecule has 3 aromatic rings. The van der Waals surface area contributed by atoms with Gasteiger partial charge in [0.25, 0.3) is 0 Å². The van der Waals surface area contributed by atoms with Crippen LogP contribution in [0.1, 0.15) is 11.1 Å². The number of aromatic amines is 1. The van der Waals surface area contributed by atoms with Crippen LogP contribution in [0.3, 0.4) is 0 Å². The number of para-hydroxylation sites is 1. The predicted molar refractivity (Wildman–Crippen MR) is 100 cm³/mol. The minimum absolute atomic E-state index is 0.709. The number of aryl methyl sites for hydroxylation is 1. The third kappa shape index (κ3) is 2.54. The lowest BCUT2D eigenvalue weighted by molar-refractivity contribution is 0.308. The minimum Gasteiger partial charge on any atom is -0.489 e. The lowest BCUT2D eigenvalue weighted by Gasteiger charge is -2.31. The van der Waals surface area contributed by atoms with Crippen molar-refractivity contribution >= 4 is 29.0 Å². The summed E-state index contributed by atoms with van der Waals surface area (Å²) in [7, 11) is 0. The molecule has 1 N–H and O–H groups in total. The van der Waals surface area contributed by atoms with E-state index in [1.165, 1.54) is 22.0 Å². The van der Waals surface area contributed by atoms with E-state index >= 15 is 0 Å². The number of hydrogen-bond donors (Lipinski definition) is 1. The normalized spacial score (nSPS) is 13.6. The maximum Gasteiger partial charge on any atom is 0.144 e. The first-order valence-electron chi connectivity index (χ1n) is 8.30. The van der Waals surface area contributed by atoms with Gasteiger partial charge in [-0.2, -0.15) is 0 Å². The quantitative estimate of drug-likeness (QED) is 0.730. The summed E-state index contributed by atoms with van der Waals surface area (Å²) in [6.07, 6.45) is 3.15. The Balaban J connectivity index is 1.56. The van der Waals surface area contributed by atoms with Crippen LogP contribution in [0.15, 0.2) is 47.6 Å². The molecule has 0 spiro atoms. The molecule has 4 nitrogen and oxygen atoms in total. The molecule has 1 aromatic heterocycles. The van der Waals surface area contributed by atoms with E-state index in [-0.39, 0.29) is 0 Å². The average molecular weight is 319 g/mol. The summed E-state index contributed by atoms with van der Waals surface area (Å²) in [6.45, 7) is 8.32. The number of fused-ring (bicyclic) bond motifs is 2. The summed E-state index contributed by atoms with van der Waals surface area (Å²) < 4.78 is 5.78. The number of ether oxygens (including phenoxy) is 1. The van der Waals surface area contributed by atoms with Crippen molar-refractivity contribution in [3.63, 3.8) is 0 Å². The summed E-state index contributed by atoms with van der Waals surface area (Å²) in [6, 6.07) is 12.5. The van der Waals surface area contributed by atoms with Crippen LogP contribution in [0.25, 0.3) is 10.9 Å². The fourth-order valence-electron chi connectivity index (χ4n) is 3.42. The van der Waals surface area contributed by atoms with Crippen LogP contribution in [-0.4, -0.2) is 31.4 Å². The van der Waals surface area contributed by atoms with Gasteiger partial charge in [0.2, 0.25) is 0 Å². The van der Waals surface area contributed by atoms with Gasteiger partial charge >= 0.3 is 0 Å². The number of anilines is 1. The Bertz CT molecular complexity index is 897. The largest absolute Gasteiger partial charge is 0.489 e. The van der Waals surface area contributed by atoms with Crippen molar-refractivity contribution < 1.29 is 4.74 Å². The van der Waals surface area contributed by atoms with Crippen molar-refractivity contribution in [3.8, 4) is 5.75 Å². The predicted octanol–water partition coefficient (Wildman–Crippen LogP) is 4.25. The molecule has 0 fully saturated rings. The summed E-state index contributed by atoms with van der Waals surface area (Å²) in [4.78, 5) is 9.79. The molecule has 4 rings (SSSR count). The lowest BCUT2D eigenvalue weighted by Crippen LogP contribution is -2.34. The van der Waals surface area contributed by atoms with Crippen molar-refractivity contribution in [1.82, 2.24) is 4.98 Å². The van der Waals surface area contributed by atoms with E-state index in [0.29, 0.717) is 6.61 Å². The van der Waals surface area contributed by atoms with Crippen molar-refractivity contribution in [2.24, 2.45) is 4.99 Å². The Morgan fingerprint density at radius 2 is 2.21 bits per heavy atom. The molecule has 0 bridgehead atoms. The van der Waals surface area contributed by atoms with Crippen molar-refractivity contribution in [2.75, 3.05) is 24.6 Å². The number of rotatable bonds is 4. The van der Waals surface area contributed by atoms with Gasteiger partial charge in [0, 0.05) is 29.7 Å². The Hall–Kier alpha value is -2.75.